The third-order valence-electron chi connectivity index (χ3n) is 3.54. The molecule has 0 unspecified atom stereocenters. The first kappa shape index (κ1) is 20.3. The van der Waals surface area contributed by atoms with Gasteiger partial charge >= 0.3 is 0 Å². The number of sulfonamides is 1. The molecule has 0 atom stereocenters. The van der Waals surface area contributed by atoms with Crippen LogP contribution in [0.5, 0.6) is 11.5 Å². The van der Waals surface area contributed by atoms with E-state index in [9.17, 15) is 13.2 Å². The molecule has 3 N–H and O–H groups in total. The lowest BCUT2D eigenvalue weighted by Gasteiger charge is -2.10. The van der Waals surface area contributed by atoms with Gasteiger partial charge < -0.3 is 15.2 Å². The van der Waals surface area contributed by atoms with E-state index >= 15 is 0 Å². The first-order valence-electron chi connectivity index (χ1n) is 7.97. The predicted octanol–water partition coefficient (Wildman–Crippen LogP) is 1.46. The predicted molar refractivity (Wildman–Crippen MR) is 101 cm³/mol. The Morgan fingerprint density at radius 3 is 2.59 bits per heavy atom. The van der Waals surface area contributed by atoms with Crippen LogP contribution in [0.25, 0.3) is 0 Å². The number of primary amides is 1. The van der Waals surface area contributed by atoms with Crippen molar-refractivity contribution < 1.29 is 22.7 Å². The van der Waals surface area contributed by atoms with E-state index in [0.29, 0.717) is 5.75 Å². The number of rotatable bonds is 7. The number of aryl methyl sites for hydroxylation is 1. The zero-order valence-electron chi connectivity index (χ0n) is 15.0. The second-order valence-corrected chi connectivity index (χ2v) is 7.22. The van der Waals surface area contributed by atoms with Crippen molar-refractivity contribution in [2.75, 3.05) is 20.3 Å². The van der Waals surface area contributed by atoms with Gasteiger partial charge in [-0.05, 0) is 36.8 Å². The Kier molecular flexibility index (Phi) is 6.82. The van der Waals surface area contributed by atoms with E-state index in [1.807, 2.05) is 0 Å². The van der Waals surface area contributed by atoms with Crippen LogP contribution >= 0.6 is 0 Å². The van der Waals surface area contributed by atoms with Gasteiger partial charge in [-0.3, -0.25) is 4.79 Å². The summed E-state index contributed by atoms with van der Waals surface area (Å²) in [5, 5.41) is 0. The Labute approximate surface area is 158 Å². The molecule has 7 nitrogen and oxygen atoms in total. The van der Waals surface area contributed by atoms with Gasteiger partial charge in [-0.25, -0.2) is 8.42 Å². The number of para-hydroxylation sites is 1. The first-order chi connectivity index (χ1) is 12.8. The maximum absolute atomic E-state index is 12.4. The summed E-state index contributed by atoms with van der Waals surface area (Å²) in [4.78, 5) is 11.4. The van der Waals surface area contributed by atoms with Crippen LogP contribution in [0.3, 0.4) is 0 Å². The molecule has 2 aromatic carbocycles. The molecule has 0 aliphatic heterocycles. The molecular formula is C19H20N2O5S. The summed E-state index contributed by atoms with van der Waals surface area (Å²) in [6.07, 6.45) is 0. The van der Waals surface area contributed by atoms with Crippen LogP contribution < -0.4 is 19.9 Å². The van der Waals surface area contributed by atoms with Crippen molar-refractivity contribution in [3.63, 3.8) is 0 Å². The maximum Gasteiger partial charge on any atom is 0.252 e. The van der Waals surface area contributed by atoms with Gasteiger partial charge in [0.2, 0.25) is 10.0 Å². The molecule has 0 saturated heterocycles. The molecule has 0 bridgehead atoms. The number of benzene rings is 2. The Balaban J connectivity index is 1.96. The molecule has 2 rings (SSSR count). The maximum atomic E-state index is 12.4. The summed E-state index contributed by atoms with van der Waals surface area (Å²) in [6.45, 7) is 1.68. The molecule has 0 saturated carbocycles. The van der Waals surface area contributed by atoms with Crippen LogP contribution in [0, 0.1) is 18.8 Å². The number of nitrogens with two attached hydrogens (primary N) is 1. The standard InChI is InChI=1S/C19H20N2O5S/c1-14-9-10-17(25-2)18(13-14)27(23,24)21-11-5-6-12-26-16-8-4-3-7-15(16)19(20)22/h3-4,7-10,13,21H,11-12H2,1-2H3,(H2,20,22). The number of ether oxygens (including phenoxy) is 2. The van der Waals surface area contributed by atoms with Gasteiger partial charge in [-0.1, -0.05) is 30.0 Å². The topological polar surface area (TPSA) is 108 Å². The lowest BCUT2D eigenvalue weighted by Crippen LogP contribution is -2.24. The van der Waals surface area contributed by atoms with Gasteiger partial charge in [0, 0.05) is 0 Å². The Hall–Kier alpha value is -3.02. The molecule has 0 spiro atoms. The van der Waals surface area contributed by atoms with E-state index < -0.39 is 15.9 Å². The monoisotopic (exact) mass is 388 g/mol. The molecule has 0 aliphatic rings. The van der Waals surface area contributed by atoms with Crippen molar-refractivity contribution in [2.24, 2.45) is 5.73 Å². The zero-order chi connectivity index (χ0) is 19.9. The van der Waals surface area contributed by atoms with Crippen molar-refractivity contribution >= 4 is 15.9 Å². The van der Waals surface area contributed by atoms with Crippen molar-refractivity contribution in [1.29, 1.82) is 0 Å². The fourth-order valence-corrected chi connectivity index (χ4v) is 3.40. The molecule has 1 amide bonds. The third kappa shape index (κ3) is 5.48. The number of carbonyl (C=O) groups excluding carboxylic acids is 1. The average Bonchev–Trinajstić information content (AvgIpc) is 2.64. The average molecular weight is 388 g/mol. The van der Waals surface area contributed by atoms with E-state index in [2.05, 4.69) is 16.6 Å². The Morgan fingerprint density at radius 2 is 1.89 bits per heavy atom. The molecule has 0 radical (unpaired) electrons. The van der Waals surface area contributed by atoms with Crippen LogP contribution in [0.2, 0.25) is 0 Å². The molecular weight excluding hydrogens is 368 g/mol. The molecule has 0 heterocycles. The molecule has 0 fully saturated rings. The van der Waals surface area contributed by atoms with Gasteiger partial charge in [-0.2, -0.15) is 4.72 Å². The number of amides is 1. The van der Waals surface area contributed by atoms with E-state index in [1.54, 1.807) is 43.3 Å². The van der Waals surface area contributed by atoms with Crippen LogP contribution in [0.1, 0.15) is 15.9 Å². The third-order valence-corrected chi connectivity index (χ3v) is 4.96. The number of methoxy groups -OCH3 is 1. The first-order valence-corrected chi connectivity index (χ1v) is 9.45. The van der Waals surface area contributed by atoms with Gasteiger partial charge in [0.25, 0.3) is 5.91 Å². The highest BCUT2D eigenvalue weighted by molar-refractivity contribution is 7.89. The highest BCUT2D eigenvalue weighted by Crippen LogP contribution is 2.24. The normalized spacial score (nSPS) is 10.6. The minimum absolute atomic E-state index is 0.0141. The Bertz CT molecular complexity index is 991. The fourth-order valence-electron chi connectivity index (χ4n) is 2.23. The largest absolute Gasteiger partial charge is 0.495 e. The zero-order valence-corrected chi connectivity index (χ0v) is 15.8. The van der Waals surface area contributed by atoms with E-state index in [4.69, 9.17) is 15.2 Å². The Morgan fingerprint density at radius 1 is 1.15 bits per heavy atom. The lowest BCUT2D eigenvalue weighted by molar-refractivity contribution is 0.0997. The van der Waals surface area contributed by atoms with E-state index in [-0.39, 0.29) is 29.4 Å². The van der Waals surface area contributed by atoms with Gasteiger partial charge in [-0.15, -0.1) is 0 Å². The summed E-state index contributed by atoms with van der Waals surface area (Å²) in [5.41, 5.74) is 6.31. The van der Waals surface area contributed by atoms with Crippen LogP contribution in [0.15, 0.2) is 47.4 Å². The van der Waals surface area contributed by atoms with Crippen LogP contribution in [-0.2, 0) is 10.0 Å². The molecule has 0 aromatic heterocycles. The second kappa shape index (κ2) is 9.07. The quantitative estimate of drug-likeness (QED) is 0.698. The minimum atomic E-state index is -3.76. The lowest BCUT2D eigenvalue weighted by atomic mass is 10.2. The summed E-state index contributed by atoms with van der Waals surface area (Å²) < 4.78 is 37.7. The number of hydrogen-bond acceptors (Lipinski definition) is 5. The highest BCUT2D eigenvalue weighted by atomic mass is 32.2. The van der Waals surface area contributed by atoms with E-state index in [1.165, 1.54) is 13.2 Å². The number of hydrogen-bond donors (Lipinski definition) is 2. The molecule has 27 heavy (non-hydrogen) atoms. The summed E-state index contributed by atoms with van der Waals surface area (Å²) in [6, 6.07) is 11.4. The number of nitrogens with one attached hydrogen (secondary N) is 1. The van der Waals surface area contributed by atoms with Gasteiger partial charge in [0.15, 0.2) is 0 Å². The van der Waals surface area contributed by atoms with Crippen molar-refractivity contribution in [1.82, 2.24) is 4.72 Å². The molecule has 0 aliphatic carbocycles. The van der Waals surface area contributed by atoms with Crippen molar-refractivity contribution in [2.45, 2.75) is 11.8 Å². The van der Waals surface area contributed by atoms with Gasteiger partial charge in [0.05, 0.1) is 19.2 Å². The molecule has 8 heteroatoms. The number of carbonyl (C=O) groups is 1. The summed E-state index contributed by atoms with van der Waals surface area (Å²) in [7, 11) is -2.35. The summed E-state index contributed by atoms with van der Waals surface area (Å²) >= 11 is 0. The van der Waals surface area contributed by atoms with Crippen molar-refractivity contribution in [3.8, 4) is 23.3 Å². The highest BCUT2D eigenvalue weighted by Gasteiger charge is 2.18. The second-order valence-electron chi connectivity index (χ2n) is 5.48. The van der Waals surface area contributed by atoms with Crippen LogP contribution in [-0.4, -0.2) is 34.6 Å². The smallest absolute Gasteiger partial charge is 0.252 e. The van der Waals surface area contributed by atoms with Gasteiger partial charge in [0.1, 0.15) is 23.0 Å². The minimum Gasteiger partial charge on any atom is -0.495 e. The van der Waals surface area contributed by atoms with Crippen LogP contribution in [0.4, 0.5) is 0 Å². The SMILES string of the molecule is COc1ccc(C)cc1S(=O)(=O)NCC#CCOc1ccccc1C(N)=O. The summed E-state index contributed by atoms with van der Waals surface area (Å²) in [5.74, 6) is 5.32. The molecule has 142 valence electrons. The fraction of sp³-hybridized carbons (Fsp3) is 0.211. The van der Waals surface area contributed by atoms with E-state index in [0.717, 1.165) is 5.56 Å². The van der Waals surface area contributed by atoms with Crippen molar-refractivity contribution in [3.05, 3.63) is 53.6 Å². The molecule has 2 aromatic rings.